The number of carbonyl (C=O) groups excluding carboxylic acids is 2. The van der Waals surface area contributed by atoms with Gasteiger partial charge in [0.1, 0.15) is 0 Å². The van der Waals surface area contributed by atoms with Crippen molar-refractivity contribution in [2.75, 3.05) is 6.54 Å². The van der Waals surface area contributed by atoms with Gasteiger partial charge >= 0.3 is 0 Å². The standard InChI is InChI=1S/C14H20N2O2/c1-4-12(15)13(17)14(18)16-8-11-7-9(2)5-6-10(11)3/h4,7,12H,1,5-6,8,15H2,2-3H3,(H,16,18). The number of allylic oxidation sites excluding steroid dienone is 2. The van der Waals surface area contributed by atoms with Crippen LogP contribution in [0.3, 0.4) is 0 Å². The van der Waals surface area contributed by atoms with Gasteiger partial charge in [0.2, 0.25) is 5.78 Å². The Morgan fingerprint density at radius 3 is 2.78 bits per heavy atom. The first-order valence-electron chi connectivity index (χ1n) is 6.01. The molecule has 0 radical (unpaired) electrons. The van der Waals surface area contributed by atoms with E-state index in [1.165, 1.54) is 17.2 Å². The van der Waals surface area contributed by atoms with E-state index in [-0.39, 0.29) is 0 Å². The van der Waals surface area contributed by atoms with E-state index in [1.54, 1.807) is 0 Å². The summed E-state index contributed by atoms with van der Waals surface area (Å²) in [6, 6.07) is -0.927. The lowest BCUT2D eigenvalue weighted by Gasteiger charge is -2.16. The van der Waals surface area contributed by atoms with E-state index in [1.807, 2.05) is 6.92 Å². The van der Waals surface area contributed by atoms with Crippen molar-refractivity contribution >= 4 is 11.7 Å². The molecule has 1 unspecified atom stereocenters. The van der Waals surface area contributed by atoms with Crippen LogP contribution in [0.25, 0.3) is 0 Å². The Hall–Kier alpha value is -1.68. The summed E-state index contributed by atoms with van der Waals surface area (Å²) < 4.78 is 0. The third-order valence-corrected chi connectivity index (χ3v) is 3.08. The van der Waals surface area contributed by atoms with E-state index in [9.17, 15) is 9.59 Å². The minimum atomic E-state index is -0.927. The van der Waals surface area contributed by atoms with E-state index >= 15 is 0 Å². The summed E-state index contributed by atoms with van der Waals surface area (Å²) in [5.74, 6) is -1.31. The van der Waals surface area contributed by atoms with Crippen LogP contribution in [-0.4, -0.2) is 24.3 Å². The number of carbonyl (C=O) groups is 2. The Balaban J connectivity index is 2.58. The highest BCUT2D eigenvalue weighted by atomic mass is 16.2. The SMILES string of the molecule is C=CC(N)C(=O)C(=O)NCC1=C(C)CCC(C)=C1. The zero-order chi connectivity index (χ0) is 13.7. The lowest BCUT2D eigenvalue weighted by atomic mass is 9.94. The molecular formula is C14H20N2O2. The van der Waals surface area contributed by atoms with Gasteiger partial charge in [-0.2, -0.15) is 0 Å². The largest absolute Gasteiger partial charge is 0.345 e. The molecule has 0 aromatic heterocycles. The maximum absolute atomic E-state index is 11.5. The normalized spacial score (nSPS) is 16.9. The molecule has 0 aliphatic heterocycles. The molecule has 0 saturated carbocycles. The quantitative estimate of drug-likeness (QED) is 0.568. The van der Waals surface area contributed by atoms with Gasteiger partial charge < -0.3 is 11.1 Å². The van der Waals surface area contributed by atoms with Crippen molar-refractivity contribution in [1.29, 1.82) is 0 Å². The van der Waals surface area contributed by atoms with Crippen LogP contribution in [-0.2, 0) is 9.59 Å². The molecule has 98 valence electrons. The third kappa shape index (κ3) is 3.67. The molecule has 1 atom stereocenters. The Morgan fingerprint density at radius 2 is 2.17 bits per heavy atom. The second-order valence-electron chi connectivity index (χ2n) is 4.60. The first kappa shape index (κ1) is 14.4. The van der Waals surface area contributed by atoms with Crippen LogP contribution in [0, 0.1) is 0 Å². The predicted octanol–water partition coefficient (Wildman–Crippen LogP) is 1.24. The van der Waals surface area contributed by atoms with E-state index in [4.69, 9.17) is 5.73 Å². The van der Waals surface area contributed by atoms with E-state index < -0.39 is 17.7 Å². The van der Waals surface area contributed by atoms with Crippen LogP contribution in [0.2, 0.25) is 0 Å². The number of nitrogens with two attached hydrogens (primary N) is 1. The van der Waals surface area contributed by atoms with Gasteiger partial charge in [-0.3, -0.25) is 9.59 Å². The minimum absolute atomic E-state index is 0.373. The lowest BCUT2D eigenvalue weighted by Crippen LogP contribution is -2.42. The predicted molar refractivity (Wildman–Crippen MR) is 71.9 cm³/mol. The van der Waals surface area contributed by atoms with Crippen LogP contribution >= 0.6 is 0 Å². The second-order valence-corrected chi connectivity index (χ2v) is 4.60. The molecule has 0 bridgehead atoms. The van der Waals surface area contributed by atoms with Crippen LogP contribution in [0.5, 0.6) is 0 Å². The fourth-order valence-electron chi connectivity index (χ4n) is 1.76. The zero-order valence-electron chi connectivity index (χ0n) is 11.0. The molecule has 0 spiro atoms. The smallest absolute Gasteiger partial charge is 0.289 e. The molecular weight excluding hydrogens is 228 g/mol. The molecule has 1 aliphatic rings. The van der Waals surface area contributed by atoms with Gasteiger partial charge in [0.05, 0.1) is 6.04 Å². The van der Waals surface area contributed by atoms with Gasteiger partial charge in [-0.1, -0.05) is 23.3 Å². The molecule has 0 aromatic rings. The van der Waals surface area contributed by atoms with Crippen LogP contribution in [0.15, 0.2) is 35.5 Å². The molecule has 1 aliphatic carbocycles. The first-order chi connectivity index (χ1) is 8.45. The van der Waals surface area contributed by atoms with Crippen molar-refractivity contribution in [1.82, 2.24) is 5.32 Å². The fraction of sp³-hybridized carbons (Fsp3) is 0.429. The van der Waals surface area contributed by atoms with Crippen molar-refractivity contribution in [2.24, 2.45) is 5.73 Å². The van der Waals surface area contributed by atoms with E-state index in [0.717, 1.165) is 18.4 Å². The number of hydrogen-bond donors (Lipinski definition) is 2. The summed E-state index contributed by atoms with van der Waals surface area (Å²) in [6.07, 6.45) is 5.39. The summed E-state index contributed by atoms with van der Waals surface area (Å²) in [6.45, 7) is 7.87. The topological polar surface area (TPSA) is 72.2 Å². The average Bonchev–Trinajstić information content (AvgIpc) is 2.37. The Morgan fingerprint density at radius 1 is 1.50 bits per heavy atom. The molecule has 4 heteroatoms. The number of Topliss-reactive ketones (excluding diaryl/α,β-unsaturated/α-hetero) is 1. The number of amides is 1. The maximum Gasteiger partial charge on any atom is 0.289 e. The van der Waals surface area contributed by atoms with E-state index in [2.05, 4.69) is 24.9 Å². The van der Waals surface area contributed by atoms with Crippen molar-refractivity contribution in [3.63, 3.8) is 0 Å². The van der Waals surface area contributed by atoms with Crippen molar-refractivity contribution in [3.05, 3.63) is 35.5 Å². The number of hydrogen-bond acceptors (Lipinski definition) is 3. The summed E-state index contributed by atoms with van der Waals surface area (Å²) >= 11 is 0. The minimum Gasteiger partial charge on any atom is -0.345 e. The molecule has 0 saturated heterocycles. The molecule has 1 amide bonds. The summed E-state index contributed by atoms with van der Waals surface area (Å²) in [7, 11) is 0. The van der Waals surface area contributed by atoms with Crippen molar-refractivity contribution < 1.29 is 9.59 Å². The van der Waals surface area contributed by atoms with Gasteiger partial charge in [0, 0.05) is 6.54 Å². The van der Waals surface area contributed by atoms with Gasteiger partial charge in [0.25, 0.3) is 5.91 Å². The summed E-state index contributed by atoms with van der Waals surface area (Å²) in [5, 5.41) is 2.60. The molecule has 0 aromatic carbocycles. The van der Waals surface area contributed by atoms with Gasteiger partial charge in [0.15, 0.2) is 0 Å². The van der Waals surface area contributed by atoms with E-state index in [0.29, 0.717) is 6.54 Å². The lowest BCUT2D eigenvalue weighted by molar-refractivity contribution is -0.137. The summed E-state index contributed by atoms with van der Waals surface area (Å²) in [5.41, 5.74) is 9.04. The molecule has 0 fully saturated rings. The highest BCUT2D eigenvalue weighted by Gasteiger charge is 2.19. The van der Waals surface area contributed by atoms with Gasteiger partial charge in [-0.05, 0) is 32.3 Å². The number of ketones is 1. The van der Waals surface area contributed by atoms with Gasteiger partial charge in [-0.25, -0.2) is 0 Å². The van der Waals surface area contributed by atoms with Crippen LogP contribution < -0.4 is 11.1 Å². The Kier molecular flexibility index (Phi) is 5.04. The highest BCUT2D eigenvalue weighted by Crippen LogP contribution is 2.22. The molecule has 3 N–H and O–H groups in total. The molecule has 0 heterocycles. The Bertz CT molecular complexity index is 433. The monoisotopic (exact) mass is 248 g/mol. The first-order valence-corrected chi connectivity index (χ1v) is 6.01. The molecule has 1 rings (SSSR count). The molecule has 18 heavy (non-hydrogen) atoms. The third-order valence-electron chi connectivity index (χ3n) is 3.08. The van der Waals surface area contributed by atoms with Crippen LogP contribution in [0.4, 0.5) is 0 Å². The highest BCUT2D eigenvalue weighted by molar-refractivity contribution is 6.38. The maximum atomic E-state index is 11.5. The van der Waals surface area contributed by atoms with Crippen molar-refractivity contribution in [3.8, 4) is 0 Å². The number of nitrogens with one attached hydrogen (secondary N) is 1. The zero-order valence-corrected chi connectivity index (χ0v) is 11.0. The van der Waals surface area contributed by atoms with Crippen LogP contribution in [0.1, 0.15) is 26.7 Å². The Labute approximate surface area is 108 Å². The average molecular weight is 248 g/mol. The van der Waals surface area contributed by atoms with Crippen molar-refractivity contribution in [2.45, 2.75) is 32.7 Å². The second kappa shape index (κ2) is 6.31. The molecule has 4 nitrogen and oxygen atoms in total. The summed E-state index contributed by atoms with van der Waals surface area (Å²) in [4.78, 5) is 23.0. The fourth-order valence-corrected chi connectivity index (χ4v) is 1.76. The van der Waals surface area contributed by atoms with Gasteiger partial charge in [-0.15, -0.1) is 6.58 Å². The number of rotatable bonds is 5.